The van der Waals surface area contributed by atoms with Crippen molar-refractivity contribution >= 4 is 65.0 Å². The zero-order valence-corrected chi connectivity index (χ0v) is 24.0. The summed E-state index contributed by atoms with van der Waals surface area (Å²) in [4.78, 5) is 29.3. The number of primary sulfonamides is 1. The van der Waals surface area contributed by atoms with Gasteiger partial charge in [-0.3, -0.25) is 9.59 Å². The van der Waals surface area contributed by atoms with Gasteiger partial charge in [0, 0.05) is 21.8 Å². The van der Waals surface area contributed by atoms with Gasteiger partial charge in [-0.1, -0.05) is 30.3 Å². The van der Waals surface area contributed by atoms with Gasteiger partial charge < -0.3 is 11.1 Å². The monoisotopic (exact) mass is 643 g/mol. The van der Waals surface area contributed by atoms with E-state index in [1.54, 1.807) is 36.4 Å². The number of primary amides is 1. The molecule has 1 heterocycles. The van der Waals surface area contributed by atoms with Crippen molar-refractivity contribution in [3.63, 3.8) is 0 Å². The van der Waals surface area contributed by atoms with Crippen molar-refractivity contribution in [1.82, 2.24) is 4.98 Å². The summed E-state index contributed by atoms with van der Waals surface area (Å²) < 4.78 is 50.9. The highest BCUT2D eigenvalue weighted by molar-refractivity contribution is 9.10. The van der Waals surface area contributed by atoms with Crippen molar-refractivity contribution in [1.29, 1.82) is 0 Å². The molecule has 0 aliphatic heterocycles. The van der Waals surface area contributed by atoms with Gasteiger partial charge in [-0.2, -0.15) is 0 Å². The van der Waals surface area contributed by atoms with Crippen LogP contribution in [-0.4, -0.2) is 39.9 Å². The van der Waals surface area contributed by atoms with E-state index in [0.717, 1.165) is 10.6 Å². The Kier molecular flexibility index (Phi) is 8.07. The molecule has 11 nitrogen and oxygen atoms in total. The second kappa shape index (κ2) is 11.2. The lowest BCUT2D eigenvalue weighted by Crippen LogP contribution is -2.26. The molecule has 0 radical (unpaired) electrons. The van der Waals surface area contributed by atoms with Crippen LogP contribution in [0.25, 0.3) is 11.1 Å². The maximum absolute atomic E-state index is 13.1. The smallest absolute Gasteiger partial charge is 0.255 e. The first-order valence-electron chi connectivity index (χ1n) is 11.3. The lowest BCUT2D eigenvalue weighted by Gasteiger charge is -2.22. The first kappa shape index (κ1) is 28.9. The van der Waals surface area contributed by atoms with Crippen LogP contribution in [0.3, 0.4) is 0 Å². The number of rotatable bonds is 8. The Labute approximate surface area is 239 Å². The minimum Gasteiger partial charge on any atom is -0.366 e. The summed E-state index contributed by atoms with van der Waals surface area (Å²) in [7, 11) is -7.87. The maximum Gasteiger partial charge on any atom is 0.255 e. The van der Waals surface area contributed by atoms with Gasteiger partial charge in [-0.05, 0) is 70.0 Å². The van der Waals surface area contributed by atoms with E-state index >= 15 is 0 Å². The van der Waals surface area contributed by atoms with E-state index in [1.165, 1.54) is 48.7 Å². The number of amides is 2. The Hall–Kier alpha value is -4.11. The van der Waals surface area contributed by atoms with E-state index in [-0.39, 0.29) is 33.2 Å². The highest BCUT2D eigenvalue weighted by atomic mass is 79.9. The molecule has 40 heavy (non-hydrogen) atoms. The van der Waals surface area contributed by atoms with E-state index in [4.69, 9.17) is 10.9 Å². The van der Waals surface area contributed by atoms with Crippen molar-refractivity contribution in [3.8, 4) is 11.1 Å². The molecule has 0 unspecified atom stereocenters. The summed E-state index contributed by atoms with van der Waals surface area (Å²) in [5.41, 5.74) is 6.58. The van der Waals surface area contributed by atoms with Gasteiger partial charge >= 0.3 is 0 Å². The van der Waals surface area contributed by atoms with E-state index in [2.05, 4.69) is 26.2 Å². The molecule has 2 amide bonds. The van der Waals surface area contributed by atoms with Gasteiger partial charge in [0.15, 0.2) is 0 Å². The molecule has 0 atom stereocenters. The third kappa shape index (κ3) is 6.37. The number of halogens is 1. The topological polar surface area (TPSA) is 183 Å². The van der Waals surface area contributed by atoms with Crippen LogP contribution in [0.1, 0.15) is 20.7 Å². The number of benzene rings is 3. The molecule has 14 heteroatoms. The van der Waals surface area contributed by atoms with Crippen LogP contribution in [0.2, 0.25) is 0 Å². The summed E-state index contributed by atoms with van der Waals surface area (Å²) in [6.45, 7) is 0. The van der Waals surface area contributed by atoms with Crippen molar-refractivity contribution < 1.29 is 26.4 Å². The predicted octanol–water partition coefficient (Wildman–Crippen LogP) is 3.61. The van der Waals surface area contributed by atoms with Gasteiger partial charge in [0.1, 0.15) is 5.82 Å². The van der Waals surface area contributed by atoms with Crippen LogP contribution in [0, 0.1) is 0 Å². The molecule has 0 bridgehead atoms. The highest BCUT2D eigenvalue weighted by Crippen LogP contribution is 2.32. The van der Waals surface area contributed by atoms with Gasteiger partial charge in [0.05, 0.1) is 28.1 Å². The lowest BCUT2D eigenvalue weighted by atomic mass is 10.0. The Morgan fingerprint density at radius 2 is 1.60 bits per heavy atom. The van der Waals surface area contributed by atoms with Crippen LogP contribution in [0.5, 0.6) is 0 Å². The van der Waals surface area contributed by atoms with Crippen LogP contribution in [-0.2, 0) is 20.0 Å². The number of hydrogen-bond donors (Lipinski definition) is 3. The van der Waals surface area contributed by atoms with Gasteiger partial charge in [-0.15, -0.1) is 0 Å². The average Bonchev–Trinajstić information content (AvgIpc) is 2.89. The lowest BCUT2D eigenvalue weighted by molar-refractivity contribution is 0.100. The Morgan fingerprint density at radius 1 is 0.925 bits per heavy atom. The maximum atomic E-state index is 13.1. The molecule has 0 saturated carbocycles. The van der Waals surface area contributed by atoms with Gasteiger partial charge in [0.25, 0.3) is 11.8 Å². The Morgan fingerprint density at radius 3 is 2.17 bits per heavy atom. The first-order valence-corrected chi connectivity index (χ1v) is 15.5. The molecule has 1 aromatic heterocycles. The van der Waals surface area contributed by atoms with E-state index in [1.807, 2.05) is 0 Å². The van der Waals surface area contributed by atoms with Crippen LogP contribution < -0.4 is 20.5 Å². The molecule has 5 N–H and O–H groups in total. The van der Waals surface area contributed by atoms with Crippen molar-refractivity contribution in [2.24, 2.45) is 10.9 Å². The summed E-state index contributed by atoms with van der Waals surface area (Å²) >= 11 is 3.26. The fourth-order valence-electron chi connectivity index (χ4n) is 3.91. The number of carbonyl (C=O) groups excluding carboxylic acids is 2. The molecule has 3 aromatic carbocycles. The first-order chi connectivity index (χ1) is 18.8. The zero-order valence-electron chi connectivity index (χ0n) is 20.8. The highest BCUT2D eigenvalue weighted by Gasteiger charge is 2.24. The number of carbonyl (C=O) groups is 2. The van der Waals surface area contributed by atoms with Gasteiger partial charge in [0.2, 0.25) is 20.0 Å². The van der Waals surface area contributed by atoms with Crippen LogP contribution in [0.15, 0.2) is 94.4 Å². The number of sulfonamides is 2. The third-order valence-electron chi connectivity index (χ3n) is 5.65. The normalized spacial score (nSPS) is 11.6. The van der Waals surface area contributed by atoms with E-state index in [0.29, 0.717) is 15.6 Å². The molecular formula is C26H22BrN5O6S2. The molecule has 206 valence electrons. The van der Waals surface area contributed by atoms with Gasteiger partial charge in [-0.25, -0.2) is 31.3 Å². The van der Waals surface area contributed by atoms with Crippen molar-refractivity contribution in [3.05, 3.63) is 101 Å². The number of aromatic nitrogens is 1. The summed E-state index contributed by atoms with van der Waals surface area (Å²) in [6, 6.07) is 19.3. The zero-order chi connectivity index (χ0) is 29.2. The minimum absolute atomic E-state index is 0.0237. The fourth-order valence-corrected chi connectivity index (χ4v) is 5.85. The van der Waals surface area contributed by atoms with E-state index < -0.39 is 31.9 Å². The predicted molar refractivity (Wildman–Crippen MR) is 155 cm³/mol. The third-order valence-corrected chi connectivity index (χ3v) is 8.15. The van der Waals surface area contributed by atoms with Crippen LogP contribution >= 0.6 is 15.9 Å². The fraction of sp³-hybridized carbons (Fsp3) is 0.0385. The molecule has 0 aliphatic rings. The standard InChI is InChI=1S/C26H22BrN5O6S2/c1-39(35,36)32(24-13-10-18(27)15-30-24)19-11-12-21(25(28)33)22(14-19)31-26(34)17-8-6-16(7-9-17)20-4-2-3-5-23(20)40(29,37)38/h2-15H,1H3,(H2,28,33)(H,31,34)(H2,29,37,38). The molecule has 0 fully saturated rings. The Balaban J connectivity index is 1.69. The SMILES string of the molecule is CS(=O)(=O)N(c1ccc(C(N)=O)c(NC(=O)c2ccc(-c3ccccc3S(N)(=O)=O)cc2)c1)c1ccc(Br)cn1. The molecule has 0 aliphatic carbocycles. The minimum atomic E-state index is -3.98. The summed E-state index contributed by atoms with van der Waals surface area (Å²) in [5.74, 6) is -1.38. The second-order valence-corrected chi connectivity index (χ2v) is 12.8. The largest absolute Gasteiger partial charge is 0.366 e. The number of pyridine rings is 1. The number of anilines is 3. The van der Waals surface area contributed by atoms with E-state index in [9.17, 15) is 26.4 Å². The number of hydrogen-bond acceptors (Lipinski definition) is 7. The average molecular weight is 645 g/mol. The molecule has 4 aromatic rings. The molecule has 0 saturated heterocycles. The number of nitrogens with one attached hydrogen (secondary N) is 1. The van der Waals surface area contributed by atoms with Crippen LogP contribution in [0.4, 0.5) is 17.2 Å². The molecular weight excluding hydrogens is 622 g/mol. The quantitative estimate of drug-likeness (QED) is 0.262. The molecule has 0 spiro atoms. The number of nitrogens with two attached hydrogens (primary N) is 2. The summed E-state index contributed by atoms with van der Waals surface area (Å²) in [5, 5.41) is 7.93. The Bertz CT molecular complexity index is 1830. The molecule has 4 rings (SSSR count). The van der Waals surface area contributed by atoms with Crippen molar-refractivity contribution in [2.75, 3.05) is 15.9 Å². The van der Waals surface area contributed by atoms with Crippen molar-refractivity contribution in [2.45, 2.75) is 4.90 Å². The number of nitrogens with zero attached hydrogens (tertiary/aromatic N) is 2. The summed E-state index contributed by atoms with van der Waals surface area (Å²) in [6.07, 6.45) is 2.42. The second-order valence-electron chi connectivity index (χ2n) is 8.53.